The smallest absolute Gasteiger partial charge is 0.326 e. The van der Waals surface area contributed by atoms with Gasteiger partial charge in [-0.25, -0.2) is 4.79 Å². The molecule has 0 aromatic rings. The SMILES string of the molecule is CCC(C)C(NC(=O)C(N)CS)C(=O)NC(CC(C)C)C(=O)NC(CCCCN)C(=O)O. The van der Waals surface area contributed by atoms with Crippen LogP contribution in [0.2, 0.25) is 0 Å². The molecule has 5 atom stereocenters. The lowest BCUT2D eigenvalue weighted by atomic mass is 9.96. The van der Waals surface area contributed by atoms with Crippen molar-refractivity contribution in [1.29, 1.82) is 0 Å². The summed E-state index contributed by atoms with van der Waals surface area (Å²) in [6.07, 6.45) is 2.37. The summed E-state index contributed by atoms with van der Waals surface area (Å²) in [6, 6.07) is -3.77. The minimum Gasteiger partial charge on any atom is -0.480 e. The van der Waals surface area contributed by atoms with Crippen LogP contribution in [0.25, 0.3) is 0 Å². The number of hydrogen-bond donors (Lipinski definition) is 7. The van der Waals surface area contributed by atoms with E-state index in [-0.39, 0.29) is 24.0 Å². The molecule has 3 amide bonds. The molecule has 0 heterocycles. The summed E-state index contributed by atoms with van der Waals surface area (Å²) in [5.74, 6) is -2.77. The van der Waals surface area contributed by atoms with E-state index in [1.807, 2.05) is 27.7 Å². The second kappa shape index (κ2) is 15.9. The van der Waals surface area contributed by atoms with Crippen molar-refractivity contribution in [3.63, 3.8) is 0 Å². The Kier molecular flexibility index (Phi) is 15.0. The van der Waals surface area contributed by atoms with E-state index in [1.165, 1.54) is 0 Å². The van der Waals surface area contributed by atoms with E-state index in [0.717, 1.165) is 0 Å². The van der Waals surface area contributed by atoms with Crippen molar-refractivity contribution >= 4 is 36.3 Å². The number of hydrogen-bond acceptors (Lipinski definition) is 7. The Balaban J connectivity index is 5.45. The van der Waals surface area contributed by atoms with Crippen LogP contribution >= 0.6 is 12.6 Å². The average molecular weight is 476 g/mol. The molecule has 0 aliphatic rings. The maximum Gasteiger partial charge on any atom is 0.326 e. The monoisotopic (exact) mass is 475 g/mol. The summed E-state index contributed by atoms with van der Waals surface area (Å²) in [5.41, 5.74) is 11.2. The van der Waals surface area contributed by atoms with E-state index in [2.05, 4.69) is 28.6 Å². The van der Waals surface area contributed by atoms with E-state index in [9.17, 15) is 24.3 Å². The summed E-state index contributed by atoms with van der Waals surface area (Å²) in [4.78, 5) is 49.7. The lowest BCUT2D eigenvalue weighted by molar-refractivity contribution is -0.142. The van der Waals surface area contributed by atoms with E-state index in [4.69, 9.17) is 11.5 Å². The number of nitrogens with one attached hydrogen (secondary N) is 3. The van der Waals surface area contributed by atoms with Crippen LogP contribution in [-0.2, 0) is 19.2 Å². The molecule has 0 bridgehead atoms. The Hall–Kier alpha value is -1.85. The molecule has 0 aliphatic carbocycles. The van der Waals surface area contributed by atoms with Crippen molar-refractivity contribution in [2.24, 2.45) is 23.3 Å². The molecule has 11 heteroatoms. The lowest BCUT2D eigenvalue weighted by Gasteiger charge is -2.28. The molecule has 0 aromatic heterocycles. The minimum atomic E-state index is -1.14. The first-order valence-electron chi connectivity index (χ1n) is 11.2. The summed E-state index contributed by atoms with van der Waals surface area (Å²) in [5, 5.41) is 17.3. The van der Waals surface area contributed by atoms with Gasteiger partial charge in [0.05, 0.1) is 6.04 Å². The molecule has 0 aliphatic heterocycles. The standard InChI is InChI=1S/C21H41N5O5S/c1-5-13(4)17(26-18(27)14(23)11-32)20(29)25-16(10-12(2)3)19(28)24-15(21(30)31)8-6-7-9-22/h12-17,32H,5-11,22-23H2,1-4H3,(H,24,28)(H,25,29)(H,26,27)(H,30,31). The van der Waals surface area contributed by atoms with Gasteiger partial charge in [0, 0.05) is 5.75 Å². The van der Waals surface area contributed by atoms with Gasteiger partial charge in [-0.05, 0) is 44.1 Å². The van der Waals surface area contributed by atoms with Gasteiger partial charge in [-0.15, -0.1) is 0 Å². The predicted octanol–water partition coefficient (Wildman–Crippen LogP) is 0.00370. The van der Waals surface area contributed by atoms with E-state index >= 15 is 0 Å². The summed E-state index contributed by atoms with van der Waals surface area (Å²) >= 11 is 4.01. The third kappa shape index (κ3) is 11.1. The topological polar surface area (TPSA) is 177 Å². The Labute approximate surface area is 196 Å². The lowest BCUT2D eigenvalue weighted by Crippen LogP contribution is -2.59. The van der Waals surface area contributed by atoms with Crippen LogP contribution < -0.4 is 27.4 Å². The van der Waals surface area contributed by atoms with Crippen LogP contribution in [-0.4, -0.2) is 65.3 Å². The van der Waals surface area contributed by atoms with Gasteiger partial charge in [-0.3, -0.25) is 14.4 Å². The Morgan fingerprint density at radius 1 is 0.938 bits per heavy atom. The molecule has 8 N–H and O–H groups in total. The first-order chi connectivity index (χ1) is 15.0. The second-order valence-electron chi connectivity index (χ2n) is 8.54. The highest BCUT2D eigenvalue weighted by Gasteiger charge is 2.32. The number of carbonyl (C=O) groups is 4. The zero-order valence-electron chi connectivity index (χ0n) is 19.6. The van der Waals surface area contributed by atoms with Crippen molar-refractivity contribution in [3.05, 3.63) is 0 Å². The van der Waals surface area contributed by atoms with Crippen molar-refractivity contribution in [1.82, 2.24) is 16.0 Å². The molecule has 0 saturated heterocycles. The number of rotatable bonds is 16. The molecule has 32 heavy (non-hydrogen) atoms. The number of amides is 3. The highest BCUT2D eigenvalue weighted by molar-refractivity contribution is 7.80. The molecule has 0 rings (SSSR count). The number of unbranched alkanes of at least 4 members (excludes halogenated alkanes) is 1. The zero-order valence-corrected chi connectivity index (χ0v) is 20.5. The quantitative estimate of drug-likeness (QED) is 0.121. The Morgan fingerprint density at radius 2 is 1.53 bits per heavy atom. The second-order valence-corrected chi connectivity index (χ2v) is 8.90. The first kappa shape index (κ1) is 30.1. The van der Waals surface area contributed by atoms with Crippen LogP contribution in [0, 0.1) is 11.8 Å². The maximum atomic E-state index is 13.0. The van der Waals surface area contributed by atoms with Crippen LogP contribution in [0.4, 0.5) is 0 Å². The summed E-state index contributed by atoms with van der Waals surface area (Å²) in [7, 11) is 0. The molecule has 5 unspecified atom stereocenters. The molecule has 0 saturated carbocycles. The van der Waals surface area contributed by atoms with Gasteiger partial charge in [0.2, 0.25) is 17.7 Å². The van der Waals surface area contributed by atoms with Gasteiger partial charge in [-0.1, -0.05) is 34.1 Å². The van der Waals surface area contributed by atoms with E-state index < -0.39 is 47.9 Å². The van der Waals surface area contributed by atoms with Gasteiger partial charge in [-0.2, -0.15) is 12.6 Å². The van der Waals surface area contributed by atoms with E-state index in [0.29, 0.717) is 32.2 Å². The van der Waals surface area contributed by atoms with Crippen molar-refractivity contribution in [3.8, 4) is 0 Å². The molecular formula is C21H41N5O5S. The fraction of sp³-hybridized carbons (Fsp3) is 0.810. The van der Waals surface area contributed by atoms with Crippen molar-refractivity contribution in [2.45, 2.75) is 84.0 Å². The number of nitrogens with two attached hydrogens (primary N) is 2. The van der Waals surface area contributed by atoms with E-state index in [1.54, 1.807) is 0 Å². The van der Waals surface area contributed by atoms with Gasteiger partial charge in [0.15, 0.2) is 0 Å². The Morgan fingerprint density at radius 3 is 2.00 bits per heavy atom. The zero-order chi connectivity index (χ0) is 24.8. The molecule has 186 valence electrons. The number of carboxylic acids is 1. The van der Waals surface area contributed by atoms with Crippen LogP contribution in [0.15, 0.2) is 0 Å². The minimum absolute atomic E-state index is 0.0563. The first-order valence-corrected chi connectivity index (χ1v) is 11.8. The highest BCUT2D eigenvalue weighted by atomic mass is 32.1. The molecule has 0 fully saturated rings. The van der Waals surface area contributed by atoms with Crippen molar-refractivity contribution in [2.75, 3.05) is 12.3 Å². The molecule has 0 spiro atoms. The third-order valence-corrected chi connectivity index (χ3v) is 5.62. The van der Waals surface area contributed by atoms with Crippen LogP contribution in [0.1, 0.15) is 59.8 Å². The van der Waals surface area contributed by atoms with Crippen LogP contribution in [0.3, 0.4) is 0 Å². The molecule has 0 radical (unpaired) electrons. The summed E-state index contributed by atoms with van der Waals surface area (Å²) < 4.78 is 0. The number of carboxylic acid groups (broad SMARTS) is 1. The fourth-order valence-corrected chi connectivity index (χ4v) is 3.20. The molecule has 10 nitrogen and oxygen atoms in total. The largest absolute Gasteiger partial charge is 0.480 e. The number of aliphatic carboxylic acids is 1. The van der Waals surface area contributed by atoms with Crippen molar-refractivity contribution < 1.29 is 24.3 Å². The Bertz CT molecular complexity index is 619. The highest BCUT2D eigenvalue weighted by Crippen LogP contribution is 2.12. The normalized spacial score (nSPS) is 15.9. The fourth-order valence-electron chi connectivity index (χ4n) is 3.03. The maximum absolute atomic E-state index is 13.0. The molecule has 0 aromatic carbocycles. The van der Waals surface area contributed by atoms with Gasteiger partial charge in [0.25, 0.3) is 0 Å². The van der Waals surface area contributed by atoms with Crippen LogP contribution in [0.5, 0.6) is 0 Å². The summed E-state index contributed by atoms with van der Waals surface area (Å²) in [6.45, 7) is 7.91. The van der Waals surface area contributed by atoms with Gasteiger partial charge >= 0.3 is 5.97 Å². The number of thiol groups is 1. The average Bonchev–Trinajstić information content (AvgIpc) is 2.74. The molecular weight excluding hydrogens is 434 g/mol. The third-order valence-electron chi connectivity index (χ3n) is 5.23. The van der Waals surface area contributed by atoms with Gasteiger partial charge in [0.1, 0.15) is 18.1 Å². The number of carbonyl (C=O) groups excluding carboxylic acids is 3. The van der Waals surface area contributed by atoms with Gasteiger partial charge < -0.3 is 32.5 Å². The predicted molar refractivity (Wildman–Crippen MR) is 127 cm³/mol.